The van der Waals surface area contributed by atoms with E-state index < -0.39 is 16.4 Å². The summed E-state index contributed by atoms with van der Waals surface area (Å²) in [5.74, 6) is 0. The van der Waals surface area contributed by atoms with Gasteiger partial charge in [-0.15, -0.1) is 0 Å². The van der Waals surface area contributed by atoms with Gasteiger partial charge in [-0.25, -0.2) is 0 Å². The largest absolute Gasteiger partial charge is 0.389 e. The maximum absolute atomic E-state index is 12.7. The Hall–Kier alpha value is -0.670. The zero-order valence-corrected chi connectivity index (χ0v) is 12.7. The first-order valence-corrected chi connectivity index (χ1v) is 8.48. The van der Waals surface area contributed by atoms with Crippen LogP contribution in [-0.4, -0.2) is 20.2 Å². The predicted molar refractivity (Wildman–Crippen MR) is 79.7 cm³/mol. The van der Waals surface area contributed by atoms with E-state index in [0.717, 1.165) is 37.0 Å². The third-order valence-electron chi connectivity index (χ3n) is 4.20. The van der Waals surface area contributed by atoms with E-state index in [1.807, 2.05) is 38.1 Å². The van der Waals surface area contributed by atoms with Crippen molar-refractivity contribution in [3.8, 4) is 0 Å². The lowest BCUT2D eigenvalue weighted by molar-refractivity contribution is 0.000290. The summed E-state index contributed by atoms with van der Waals surface area (Å²) in [5, 5.41) is 10.7. The normalized spacial score (nSPS) is 21.8. The molecule has 1 N–H and O–H groups in total. The molecule has 1 fully saturated rings. The summed E-state index contributed by atoms with van der Waals surface area (Å²) >= 11 is 0. The van der Waals surface area contributed by atoms with Crippen molar-refractivity contribution in [2.24, 2.45) is 0 Å². The topological polar surface area (TPSA) is 37.3 Å². The number of hydrogen-bond donors (Lipinski definition) is 1. The van der Waals surface area contributed by atoms with Crippen molar-refractivity contribution in [1.29, 1.82) is 0 Å². The molecule has 3 heteroatoms. The van der Waals surface area contributed by atoms with Crippen molar-refractivity contribution in [2.75, 3.05) is 0 Å². The molecule has 0 radical (unpaired) electrons. The maximum Gasteiger partial charge on any atom is 0.0794 e. The van der Waals surface area contributed by atoms with E-state index in [0.29, 0.717) is 0 Å². The molecular weight excluding hydrogens is 256 g/mol. The van der Waals surface area contributed by atoms with Crippen molar-refractivity contribution in [1.82, 2.24) is 0 Å². The van der Waals surface area contributed by atoms with E-state index in [2.05, 4.69) is 0 Å². The zero-order valence-electron chi connectivity index (χ0n) is 11.9. The molecule has 0 unspecified atom stereocenters. The van der Waals surface area contributed by atoms with Gasteiger partial charge in [-0.2, -0.15) is 0 Å². The van der Waals surface area contributed by atoms with Gasteiger partial charge in [-0.3, -0.25) is 4.21 Å². The molecule has 1 aliphatic rings. The molecule has 0 spiro atoms. The second-order valence-electron chi connectivity index (χ2n) is 5.67. The average molecular weight is 280 g/mol. The minimum Gasteiger partial charge on any atom is -0.389 e. The van der Waals surface area contributed by atoms with Crippen LogP contribution < -0.4 is 0 Å². The second kappa shape index (κ2) is 6.19. The lowest BCUT2D eigenvalue weighted by Crippen LogP contribution is -2.46. The summed E-state index contributed by atoms with van der Waals surface area (Å²) in [5.41, 5.74) is 0.438. The minimum atomic E-state index is -1.12. The van der Waals surface area contributed by atoms with E-state index in [1.165, 1.54) is 12.0 Å². The van der Waals surface area contributed by atoms with Gasteiger partial charge < -0.3 is 5.11 Å². The Morgan fingerprint density at radius 1 is 1.21 bits per heavy atom. The van der Waals surface area contributed by atoms with Crippen molar-refractivity contribution in [2.45, 2.75) is 68.1 Å². The number of rotatable bonds is 4. The predicted octanol–water partition coefficient (Wildman–Crippen LogP) is 3.58. The van der Waals surface area contributed by atoms with Crippen molar-refractivity contribution in [3.05, 3.63) is 29.8 Å². The van der Waals surface area contributed by atoms with E-state index in [1.54, 1.807) is 0 Å². The summed E-state index contributed by atoms with van der Waals surface area (Å²) in [6, 6.07) is 7.84. The lowest BCUT2D eigenvalue weighted by Gasteiger charge is -2.38. The molecule has 0 bridgehead atoms. The monoisotopic (exact) mass is 280 g/mol. The van der Waals surface area contributed by atoms with Gasteiger partial charge in [0, 0.05) is 4.90 Å². The van der Waals surface area contributed by atoms with Gasteiger partial charge >= 0.3 is 0 Å². The maximum atomic E-state index is 12.7. The van der Waals surface area contributed by atoms with Crippen molar-refractivity contribution >= 4 is 10.8 Å². The molecular formula is C16H24O2S. The quantitative estimate of drug-likeness (QED) is 0.915. The van der Waals surface area contributed by atoms with Crippen LogP contribution in [0.5, 0.6) is 0 Å². The Labute approximate surface area is 118 Å². The van der Waals surface area contributed by atoms with Crippen LogP contribution in [0.1, 0.15) is 51.0 Å². The van der Waals surface area contributed by atoms with Crippen LogP contribution in [0.25, 0.3) is 0 Å². The van der Waals surface area contributed by atoms with Gasteiger partial charge in [-0.1, -0.05) is 43.9 Å². The smallest absolute Gasteiger partial charge is 0.0794 e. The molecule has 1 aromatic carbocycles. The molecule has 2 atom stereocenters. The van der Waals surface area contributed by atoms with Crippen molar-refractivity contribution < 1.29 is 9.32 Å². The highest BCUT2D eigenvalue weighted by Crippen LogP contribution is 2.36. The third kappa shape index (κ3) is 3.26. The second-order valence-corrected chi connectivity index (χ2v) is 7.31. The van der Waals surface area contributed by atoms with E-state index in [-0.39, 0.29) is 5.25 Å². The molecule has 2 nitrogen and oxygen atoms in total. The van der Waals surface area contributed by atoms with Gasteiger partial charge in [0.15, 0.2) is 0 Å². The SMILES string of the molecule is CC[C@H]([S@@](=O)c1ccc(C)cc1)C1(O)CCCCC1. The van der Waals surface area contributed by atoms with Crippen LogP contribution in [0.4, 0.5) is 0 Å². The fourth-order valence-electron chi connectivity index (χ4n) is 3.05. The van der Waals surface area contributed by atoms with Gasteiger partial charge in [0.05, 0.1) is 21.7 Å². The lowest BCUT2D eigenvalue weighted by atomic mass is 9.81. The highest BCUT2D eigenvalue weighted by Gasteiger charge is 2.40. The van der Waals surface area contributed by atoms with Crippen LogP contribution in [0.3, 0.4) is 0 Å². The molecule has 0 saturated heterocycles. The minimum absolute atomic E-state index is 0.143. The number of hydrogen-bond acceptors (Lipinski definition) is 2. The first kappa shape index (κ1) is 14.7. The molecule has 0 amide bonds. The highest BCUT2D eigenvalue weighted by molar-refractivity contribution is 7.85. The standard InChI is InChI=1S/C16H24O2S/c1-3-15(16(17)11-5-4-6-12-16)19(18)14-9-7-13(2)8-10-14/h7-10,15,17H,3-6,11-12H2,1-2H3/t15-,19-/m0/s1. The Bertz CT molecular complexity index is 433. The molecule has 1 saturated carbocycles. The average Bonchev–Trinajstić information content (AvgIpc) is 2.40. The van der Waals surface area contributed by atoms with Crippen molar-refractivity contribution in [3.63, 3.8) is 0 Å². The first-order chi connectivity index (χ1) is 9.07. The molecule has 0 aliphatic heterocycles. The Morgan fingerprint density at radius 3 is 2.32 bits per heavy atom. The Kier molecular flexibility index (Phi) is 4.80. The highest BCUT2D eigenvalue weighted by atomic mass is 32.2. The molecule has 19 heavy (non-hydrogen) atoms. The van der Waals surface area contributed by atoms with E-state index >= 15 is 0 Å². The summed E-state index contributed by atoms with van der Waals surface area (Å²) in [4.78, 5) is 0.844. The van der Waals surface area contributed by atoms with Crippen LogP contribution in [0.15, 0.2) is 29.2 Å². The molecule has 1 aromatic rings. The van der Waals surface area contributed by atoms with Gasteiger partial charge in [0.25, 0.3) is 0 Å². The number of aryl methyl sites for hydroxylation is 1. The third-order valence-corrected chi connectivity index (χ3v) is 6.23. The number of benzene rings is 1. The van der Waals surface area contributed by atoms with E-state index in [4.69, 9.17) is 0 Å². The molecule has 106 valence electrons. The fraction of sp³-hybridized carbons (Fsp3) is 0.625. The van der Waals surface area contributed by atoms with E-state index in [9.17, 15) is 9.32 Å². The van der Waals surface area contributed by atoms with Crippen LogP contribution >= 0.6 is 0 Å². The van der Waals surface area contributed by atoms with Gasteiger partial charge in [0.1, 0.15) is 0 Å². The zero-order chi connectivity index (χ0) is 13.9. The van der Waals surface area contributed by atoms with Crippen LogP contribution in [0.2, 0.25) is 0 Å². The molecule has 1 aliphatic carbocycles. The summed E-state index contributed by atoms with van der Waals surface area (Å²) in [7, 11) is -1.12. The molecule has 0 aromatic heterocycles. The number of aliphatic hydroxyl groups is 1. The molecule has 0 heterocycles. The summed E-state index contributed by atoms with van der Waals surface area (Å²) < 4.78 is 12.7. The van der Waals surface area contributed by atoms with Gasteiger partial charge in [0.2, 0.25) is 0 Å². The first-order valence-electron chi connectivity index (χ1n) is 7.26. The fourth-order valence-corrected chi connectivity index (χ4v) is 4.72. The Morgan fingerprint density at radius 2 is 1.79 bits per heavy atom. The summed E-state index contributed by atoms with van der Waals surface area (Å²) in [6.07, 6.45) is 5.65. The van der Waals surface area contributed by atoms with Crippen LogP contribution in [0, 0.1) is 6.92 Å². The molecule has 2 rings (SSSR count). The van der Waals surface area contributed by atoms with Crippen LogP contribution in [-0.2, 0) is 10.8 Å². The Balaban J connectivity index is 2.21. The van der Waals surface area contributed by atoms with Gasteiger partial charge in [-0.05, 0) is 38.3 Å². The summed E-state index contributed by atoms with van der Waals surface area (Å²) in [6.45, 7) is 4.06.